The first-order valence-electron chi connectivity index (χ1n) is 9.53. The fourth-order valence-electron chi connectivity index (χ4n) is 2.97. The number of nitrogens with one attached hydrogen (secondary N) is 1. The second kappa shape index (κ2) is 8.96. The summed E-state index contributed by atoms with van der Waals surface area (Å²) < 4.78 is 11.4. The molecule has 3 N–H and O–H groups in total. The highest BCUT2D eigenvalue weighted by Crippen LogP contribution is 2.34. The smallest absolute Gasteiger partial charge is 0.248 e. The van der Waals surface area contributed by atoms with Gasteiger partial charge in [0.25, 0.3) is 0 Å². The summed E-state index contributed by atoms with van der Waals surface area (Å²) in [6, 6.07) is 23.8. The number of rotatable bonds is 7. The van der Waals surface area contributed by atoms with Crippen molar-refractivity contribution in [1.82, 2.24) is 9.97 Å². The Balaban J connectivity index is 1.74. The molecule has 0 bridgehead atoms. The van der Waals surface area contributed by atoms with Gasteiger partial charge < -0.3 is 20.5 Å². The van der Waals surface area contributed by atoms with Crippen molar-refractivity contribution >= 4 is 17.5 Å². The SMILES string of the molecule is COc1cccc(-c2nc(Nc3ccccc3)ncc2Oc2cccc(C(N)=O)c2)c1. The fourth-order valence-corrected chi connectivity index (χ4v) is 2.97. The molecule has 0 aliphatic heterocycles. The van der Waals surface area contributed by atoms with E-state index in [4.69, 9.17) is 15.2 Å². The Morgan fingerprint density at radius 3 is 2.48 bits per heavy atom. The number of nitrogens with zero attached hydrogens (tertiary/aromatic N) is 2. The van der Waals surface area contributed by atoms with Crippen LogP contribution in [-0.2, 0) is 0 Å². The van der Waals surface area contributed by atoms with E-state index in [-0.39, 0.29) is 0 Å². The van der Waals surface area contributed by atoms with Gasteiger partial charge in [-0.1, -0.05) is 36.4 Å². The van der Waals surface area contributed by atoms with Crippen molar-refractivity contribution in [3.63, 3.8) is 0 Å². The summed E-state index contributed by atoms with van der Waals surface area (Å²) in [5, 5.41) is 3.19. The van der Waals surface area contributed by atoms with E-state index in [1.807, 2.05) is 54.6 Å². The first-order valence-corrected chi connectivity index (χ1v) is 9.53. The van der Waals surface area contributed by atoms with Crippen LogP contribution < -0.4 is 20.5 Å². The summed E-state index contributed by atoms with van der Waals surface area (Å²) in [6.07, 6.45) is 1.59. The minimum Gasteiger partial charge on any atom is -0.497 e. The molecule has 0 unspecified atom stereocenters. The quantitative estimate of drug-likeness (QED) is 0.453. The minimum atomic E-state index is -0.530. The van der Waals surface area contributed by atoms with Gasteiger partial charge in [-0.3, -0.25) is 4.79 Å². The zero-order valence-corrected chi connectivity index (χ0v) is 16.8. The molecule has 0 fully saturated rings. The van der Waals surface area contributed by atoms with E-state index in [0.717, 1.165) is 11.3 Å². The first kappa shape index (κ1) is 19.9. The number of aromatic nitrogens is 2. The van der Waals surface area contributed by atoms with Gasteiger partial charge in [0, 0.05) is 16.8 Å². The third kappa shape index (κ3) is 4.79. The van der Waals surface area contributed by atoms with Crippen molar-refractivity contribution in [3.05, 3.63) is 90.6 Å². The summed E-state index contributed by atoms with van der Waals surface area (Å²) in [6.45, 7) is 0. The Bertz CT molecular complexity index is 1210. The van der Waals surface area contributed by atoms with E-state index in [9.17, 15) is 4.79 Å². The third-order valence-corrected chi connectivity index (χ3v) is 4.47. The molecule has 1 heterocycles. The largest absolute Gasteiger partial charge is 0.497 e. The maximum Gasteiger partial charge on any atom is 0.248 e. The highest BCUT2D eigenvalue weighted by molar-refractivity contribution is 5.93. The number of hydrogen-bond acceptors (Lipinski definition) is 6. The lowest BCUT2D eigenvalue weighted by Gasteiger charge is -2.13. The second-order valence-corrected chi connectivity index (χ2v) is 6.62. The van der Waals surface area contributed by atoms with Gasteiger partial charge in [0.05, 0.1) is 13.3 Å². The van der Waals surface area contributed by atoms with Crippen LogP contribution in [0.1, 0.15) is 10.4 Å². The van der Waals surface area contributed by atoms with E-state index >= 15 is 0 Å². The third-order valence-electron chi connectivity index (χ3n) is 4.47. The predicted octanol–water partition coefficient (Wildman–Crippen LogP) is 4.79. The van der Waals surface area contributed by atoms with Crippen LogP contribution in [0.5, 0.6) is 17.2 Å². The molecule has 0 aliphatic rings. The number of para-hydroxylation sites is 1. The van der Waals surface area contributed by atoms with Crippen LogP contribution in [-0.4, -0.2) is 23.0 Å². The summed E-state index contributed by atoms with van der Waals surface area (Å²) in [5.74, 6) is 1.45. The lowest BCUT2D eigenvalue weighted by Crippen LogP contribution is -2.10. The molecule has 0 saturated carbocycles. The number of nitrogens with two attached hydrogens (primary N) is 1. The van der Waals surface area contributed by atoms with Gasteiger partial charge in [0.2, 0.25) is 11.9 Å². The maximum absolute atomic E-state index is 11.5. The molecule has 154 valence electrons. The van der Waals surface area contributed by atoms with E-state index < -0.39 is 5.91 Å². The van der Waals surface area contributed by atoms with Crippen LogP contribution >= 0.6 is 0 Å². The molecule has 4 aromatic rings. The molecule has 0 atom stereocenters. The van der Waals surface area contributed by atoms with Crippen molar-refractivity contribution in [2.45, 2.75) is 0 Å². The molecule has 31 heavy (non-hydrogen) atoms. The molecule has 0 aliphatic carbocycles. The van der Waals surface area contributed by atoms with Crippen LogP contribution in [0.25, 0.3) is 11.3 Å². The van der Waals surface area contributed by atoms with Crippen molar-refractivity contribution < 1.29 is 14.3 Å². The lowest BCUT2D eigenvalue weighted by molar-refractivity contribution is 0.1000. The molecule has 1 amide bonds. The number of anilines is 2. The number of amides is 1. The monoisotopic (exact) mass is 412 g/mol. The zero-order chi connectivity index (χ0) is 21.6. The summed E-state index contributed by atoms with van der Waals surface area (Å²) >= 11 is 0. The average Bonchev–Trinajstić information content (AvgIpc) is 2.81. The normalized spacial score (nSPS) is 10.4. The van der Waals surface area contributed by atoms with Gasteiger partial charge in [0.15, 0.2) is 5.75 Å². The Labute approximate surface area is 179 Å². The van der Waals surface area contributed by atoms with Crippen LogP contribution in [0.15, 0.2) is 85.1 Å². The summed E-state index contributed by atoms with van der Waals surface area (Å²) in [5.41, 5.74) is 7.95. The molecular weight excluding hydrogens is 392 g/mol. The predicted molar refractivity (Wildman–Crippen MR) is 119 cm³/mol. The number of benzene rings is 3. The molecule has 3 aromatic carbocycles. The van der Waals surface area contributed by atoms with Crippen molar-refractivity contribution in [1.29, 1.82) is 0 Å². The Morgan fingerprint density at radius 1 is 0.935 bits per heavy atom. The van der Waals surface area contributed by atoms with Gasteiger partial charge >= 0.3 is 0 Å². The van der Waals surface area contributed by atoms with Crippen molar-refractivity contribution in [2.24, 2.45) is 5.73 Å². The van der Waals surface area contributed by atoms with Gasteiger partial charge in [-0.2, -0.15) is 0 Å². The second-order valence-electron chi connectivity index (χ2n) is 6.62. The standard InChI is InChI=1S/C24H20N4O3/c1-30-19-11-5-7-16(13-19)22-21(31-20-12-6-8-17(14-20)23(25)29)15-26-24(28-22)27-18-9-3-2-4-10-18/h2-15H,1H3,(H2,25,29)(H,26,27,28). The Kier molecular flexibility index (Phi) is 5.75. The molecule has 4 rings (SSSR count). The number of methoxy groups -OCH3 is 1. The highest BCUT2D eigenvalue weighted by atomic mass is 16.5. The lowest BCUT2D eigenvalue weighted by atomic mass is 10.1. The topological polar surface area (TPSA) is 99.4 Å². The van der Waals surface area contributed by atoms with Crippen molar-refractivity contribution in [3.8, 4) is 28.5 Å². The van der Waals surface area contributed by atoms with Crippen LogP contribution in [0.4, 0.5) is 11.6 Å². The zero-order valence-electron chi connectivity index (χ0n) is 16.8. The van der Waals surface area contributed by atoms with Gasteiger partial charge in [-0.25, -0.2) is 9.97 Å². The molecular formula is C24H20N4O3. The van der Waals surface area contributed by atoms with Gasteiger partial charge in [0.1, 0.15) is 17.2 Å². The van der Waals surface area contributed by atoms with Crippen LogP contribution in [0, 0.1) is 0 Å². The number of carbonyl (C=O) groups excluding carboxylic acids is 1. The highest BCUT2D eigenvalue weighted by Gasteiger charge is 2.14. The van der Waals surface area contributed by atoms with Crippen LogP contribution in [0.2, 0.25) is 0 Å². The molecule has 0 spiro atoms. The molecule has 0 radical (unpaired) electrons. The average molecular weight is 412 g/mol. The minimum absolute atomic E-state index is 0.351. The van der Waals surface area contributed by atoms with Gasteiger partial charge in [-0.05, 0) is 42.5 Å². The molecule has 7 heteroatoms. The number of carbonyl (C=O) groups is 1. The van der Waals surface area contributed by atoms with Crippen molar-refractivity contribution in [2.75, 3.05) is 12.4 Å². The van der Waals surface area contributed by atoms with E-state index in [1.165, 1.54) is 0 Å². The first-order chi connectivity index (χ1) is 15.1. The summed E-state index contributed by atoms with van der Waals surface area (Å²) in [7, 11) is 1.61. The molecule has 7 nitrogen and oxygen atoms in total. The molecule has 1 aromatic heterocycles. The number of hydrogen-bond donors (Lipinski definition) is 2. The van der Waals surface area contributed by atoms with E-state index in [2.05, 4.69) is 15.3 Å². The fraction of sp³-hybridized carbons (Fsp3) is 0.0417. The van der Waals surface area contributed by atoms with E-state index in [0.29, 0.717) is 34.5 Å². The molecule has 0 saturated heterocycles. The van der Waals surface area contributed by atoms with Crippen LogP contribution in [0.3, 0.4) is 0 Å². The van der Waals surface area contributed by atoms with E-state index in [1.54, 1.807) is 37.6 Å². The summed E-state index contributed by atoms with van der Waals surface area (Å²) in [4.78, 5) is 20.6. The number of primary amides is 1. The number of ether oxygens (including phenoxy) is 2. The Morgan fingerprint density at radius 2 is 1.71 bits per heavy atom. The van der Waals surface area contributed by atoms with Gasteiger partial charge in [-0.15, -0.1) is 0 Å². The Hall–Kier alpha value is -4.39. The maximum atomic E-state index is 11.5.